The molecule has 1 aliphatic heterocycles. The van der Waals surface area contributed by atoms with Crippen molar-refractivity contribution in [1.82, 2.24) is 10.2 Å². The molecule has 1 aromatic rings. The van der Waals surface area contributed by atoms with E-state index in [-0.39, 0.29) is 11.6 Å². The molecule has 19 heavy (non-hydrogen) atoms. The molecule has 1 aromatic carbocycles. The van der Waals surface area contributed by atoms with E-state index in [9.17, 15) is 13.6 Å². The molecule has 1 atom stereocenters. The number of likely N-dealkylation sites (N-methyl/N-ethyl adjacent to an activating group) is 1. The lowest BCUT2D eigenvalue weighted by Gasteiger charge is -2.24. The smallest absolute Gasteiger partial charge is 0.256 e. The van der Waals surface area contributed by atoms with Crippen molar-refractivity contribution >= 4 is 5.91 Å². The number of nitrogens with zero attached hydrogens (tertiary/aromatic N) is 1. The summed E-state index contributed by atoms with van der Waals surface area (Å²) in [6.45, 7) is 3.80. The highest BCUT2D eigenvalue weighted by Crippen LogP contribution is 2.15. The van der Waals surface area contributed by atoms with Gasteiger partial charge in [-0.05, 0) is 38.4 Å². The molecule has 1 unspecified atom stereocenters. The Balaban J connectivity index is 2.13. The molecule has 0 spiro atoms. The summed E-state index contributed by atoms with van der Waals surface area (Å²) in [6.07, 6.45) is 2.10. The SMILES string of the molecule is CCN(CC1CCCN1)C(=O)c1cccc(F)c1F. The topological polar surface area (TPSA) is 32.3 Å². The Morgan fingerprint density at radius 3 is 2.89 bits per heavy atom. The fourth-order valence-corrected chi connectivity index (χ4v) is 2.37. The monoisotopic (exact) mass is 268 g/mol. The summed E-state index contributed by atoms with van der Waals surface area (Å²) < 4.78 is 26.8. The standard InChI is InChI=1S/C14H18F2N2O/c1-2-18(9-10-5-4-8-17-10)14(19)11-6-3-7-12(15)13(11)16/h3,6-7,10,17H,2,4-5,8-9H2,1H3. The van der Waals surface area contributed by atoms with Crippen LogP contribution in [-0.2, 0) is 0 Å². The van der Waals surface area contributed by atoms with Gasteiger partial charge in [0, 0.05) is 19.1 Å². The molecule has 1 aliphatic rings. The highest BCUT2D eigenvalue weighted by Gasteiger charge is 2.24. The zero-order valence-corrected chi connectivity index (χ0v) is 11.0. The van der Waals surface area contributed by atoms with Crippen molar-refractivity contribution in [3.05, 3.63) is 35.4 Å². The average Bonchev–Trinajstić information content (AvgIpc) is 2.91. The molecule has 1 N–H and O–H groups in total. The molecule has 1 saturated heterocycles. The lowest BCUT2D eigenvalue weighted by atomic mass is 10.1. The summed E-state index contributed by atoms with van der Waals surface area (Å²) in [7, 11) is 0. The van der Waals surface area contributed by atoms with Crippen LogP contribution in [-0.4, -0.2) is 36.5 Å². The van der Waals surface area contributed by atoms with Crippen molar-refractivity contribution in [1.29, 1.82) is 0 Å². The van der Waals surface area contributed by atoms with Crippen LogP contribution in [0.1, 0.15) is 30.1 Å². The first kappa shape index (κ1) is 13.9. The van der Waals surface area contributed by atoms with E-state index in [1.807, 2.05) is 6.92 Å². The Bertz CT molecular complexity index is 459. The van der Waals surface area contributed by atoms with E-state index in [0.29, 0.717) is 13.1 Å². The summed E-state index contributed by atoms with van der Waals surface area (Å²) >= 11 is 0. The zero-order valence-electron chi connectivity index (χ0n) is 11.0. The van der Waals surface area contributed by atoms with Crippen LogP contribution >= 0.6 is 0 Å². The Labute approximate surface area is 111 Å². The predicted octanol–water partition coefficient (Wildman–Crippen LogP) is 2.18. The number of carbonyl (C=O) groups is 1. The number of carbonyl (C=O) groups excluding carboxylic acids is 1. The molecule has 1 fully saturated rings. The highest BCUT2D eigenvalue weighted by atomic mass is 19.2. The van der Waals surface area contributed by atoms with Crippen LogP contribution in [0.5, 0.6) is 0 Å². The van der Waals surface area contributed by atoms with Gasteiger partial charge in [-0.2, -0.15) is 0 Å². The van der Waals surface area contributed by atoms with E-state index < -0.39 is 17.5 Å². The molecule has 1 heterocycles. The van der Waals surface area contributed by atoms with Crippen LogP contribution in [0, 0.1) is 11.6 Å². The number of rotatable bonds is 4. The third kappa shape index (κ3) is 3.10. The molecule has 0 saturated carbocycles. The summed E-state index contributed by atoms with van der Waals surface area (Å²) in [5.74, 6) is -2.50. The molecule has 0 bridgehead atoms. The summed E-state index contributed by atoms with van der Waals surface area (Å²) in [6, 6.07) is 3.94. The number of benzene rings is 1. The van der Waals surface area contributed by atoms with Gasteiger partial charge in [0.1, 0.15) is 0 Å². The molecule has 5 heteroatoms. The molecular formula is C14H18F2N2O. The first-order valence-electron chi connectivity index (χ1n) is 6.60. The lowest BCUT2D eigenvalue weighted by molar-refractivity contribution is 0.0745. The van der Waals surface area contributed by atoms with Crippen molar-refractivity contribution < 1.29 is 13.6 Å². The molecule has 0 radical (unpaired) electrons. The van der Waals surface area contributed by atoms with Gasteiger partial charge in [0.25, 0.3) is 5.91 Å². The maximum atomic E-state index is 13.6. The zero-order chi connectivity index (χ0) is 13.8. The Morgan fingerprint density at radius 2 is 2.26 bits per heavy atom. The quantitative estimate of drug-likeness (QED) is 0.907. The largest absolute Gasteiger partial charge is 0.337 e. The second-order valence-electron chi connectivity index (χ2n) is 4.74. The van der Waals surface area contributed by atoms with Crippen LogP contribution < -0.4 is 5.32 Å². The van der Waals surface area contributed by atoms with E-state index in [1.54, 1.807) is 4.90 Å². The van der Waals surface area contributed by atoms with Crippen LogP contribution in [0.25, 0.3) is 0 Å². The Morgan fingerprint density at radius 1 is 1.47 bits per heavy atom. The van der Waals surface area contributed by atoms with E-state index in [4.69, 9.17) is 0 Å². The van der Waals surface area contributed by atoms with Gasteiger partial charge in [-0.3, -0.25) is 4.79 Å². The van der Waals surface area contributed by atoms with Crippen LogP contribution in [0.15, 0.2) is 18.2 Å². The van der Waals surface area contributed by atoms with Crippen LogP contribution in [0.4, 0.5) is 8.78 Å². The first-order chi connectivity index (χ1) is 9.13. The molecular weight excluding hydrogens is 250 g/mol. The van der Waals surface area contributed by atoms with Gasteiger partial charge in [-0.25, -0.2) is 8.78 Å². The fraction of sp³-hybridized carbons (Fsp3) is 0.500. The normalized spacial score (nSPS) is 18.6. The number of hydrogen-bond donors (Lipinski definition) is 1. The van der Waals surface area contributed by atoms with Gasteiger partial charge in [-0.15, -0.1) is 0 Å². The summed E-state index contributed by atoms with van der Waals surface area (Å²) in [5, 5.41) is 3.29. The molecule has 1 amide bonds. The van der Waals surface area contributed by atoms with Crippen LogP contribution in [0.2, 0.25) is 0 Å². The summed E-state index contributed by atoms with van der Waals surface area (Å²) in [4.78, 5) is 13.8. The van der Waals surface area contributed by atoms with Crippen molar-refractivity contribution in [3.8, 4) is 0 Å². The maximum Gasteiger partial charge on any atom is 0.256 e. The van der Waals surface area contributed by atoms with Gasteiger partial charge in [0.2, 0.25) is 0 Å². The second-order valence-corrected chi connectivity index (χ2v) is 4.74. The van der Waals surface area contributed by atoms with Gasteiger partial charge in [0.15, 0.2) is 11.6 Å². The molecule has 104 valence electrons. The van der Waals surface area contributed by atoms with E-state index in [0.717, 1.165) is 25.5 Å². The van der Waals surface area contributed by atoms with Crippen molar-refractivity contribution in [2.45, 2.75) is 25.8 Å². The van der Waals surface area contributed by atoms with E-state index in [1.165, 1.54) is 12.1 Å². The second kappa shape index (κ2) is 6.10. The van der Waals surface area contributed by atoms with Gasteiger partial charge in [-0.1, -0.05) is 6.07 Å². The minimum Gasteiger partial charge on any atom is -0.337 e. The molecule has 2 rings (SSSR count). The van der Waals surface area contributed by atoms with Crippen molar-refractivity contribution in [2.75, 3.05) is 19.6 Å². The van der Waals surface area contributed by atoms with E-state index in [2.05, 4.69) is 5.32 Å². The molecule has 0 aromatic heterocycles. The first-order valence-corrected chi connectivity index (χ1v) is 6.60. The molecule has 0 aliphatic carbocycles. The number of hydrogen-bond acceptors (Lipinski definition) is 2. The third-order valence-corrected chi connectivity index (χ3v) is 3.45. The average molecular weight is 268 g/mol. The molecule has 3 nitrogen and oxygen atoms in total. The fourth-order valence-electron chi connectivity index (χ4n) is 2.37. The lowest BCUT2D eigenvalue weighted by Crippen LogP contribution is -2.41. The Kier molecular flexibility index (Phi) is 4.47. The van der Waals surface area contributed by atoms with Crippen LogP contribution in [0.3, 0.4) is 0 Å². The van der Waals surface area contributed by atoms with Gasteiger partial charge in [0.05, 0.1) is 5.56 Å². The highest BCUT2D eigenvalue weighted by molar-refractivity contribution is 5.94. The van der Waals surface area contributed by atoms with Crippen molar-refractivity contribution in [3.63, 3.8) is 0 Å². The van der Waals surface area contributed by atoms with Gasteiger partial charge < -0.3 is 10.2 Å². The minimum absolute atomic E-state index is 0.195. The number of halogens is 2. The third-order valence-electron chi connectivity index (χ3n) is 3.45. The minimum atomic E-state index is -1.06. The Hall–Kier alpha value is -1.49. The van der Waals surface area contributed by atoms with Gasteiger partial charge >= 0.3 is 0 Å². The van der Waals surface area contributed by atoms with Crippen molar-refractivity contribution in [2.24, 2.45) is 0 Å². The maximum absolute atomic E-state index is 13.6. The van der Waals surface area contributed by atoms with E-state index >= 15 is 0 Å². The number of nitrogens with one attached hydrogen (secondary N) is 1. The predicted molar refractivity (Wildman–Crippen MR) is 69.0 cm³/mol. The number of amides is 1. The summed E-state index contributed by atoms with van der Waals surface area (Å²) in [5.41, 5.74) is -0.195.